The van der Waals surface area contributed by atoms with E-state index in [2.05, 4.69) is 9.55 Å². The van der Waals surface area contributed by atoms with E-state index in [9.17, 15) is 4.79 Å². The van der Waals surface area contributed by atoms with E-state index in [0.29, 0.717) is 5.69 Å². The maximum absolute atomic E-state index is 11.6. The molecule has 1 aliphatic heterocycles. The molecule has 1 atom stereocenters. The second-order valence-corrected chi connectivity index (χ2v) is 3.85. The Kier molecular flexibility index (Phi) is 2.37. The molecular weight excluding hydrogens is 178 g/mol. The summed E-state index contributed by atoms with van der Waals surface area (Å²) in [6, 6.07) is -0.452. The number of Topliss-reactive ketones (excluding diaryl/α,β-unsaturated/α-hetero) is 1. The number of imidazole rings is 1. The van der Waals surface area contributed by atoms with Crippen LogP contribution in [0.15, 0.2) is 6.20 Å². The van der Waals surface area contributed by atoms with E-state index in [1.54, 1.807) is 6.92 Å². The summed E-state index contributed by atoms with van der Waals surface area (Å²) in [5.74, 6) is 0.965. The summed E-state index contributed by atoms with van der Waals surface area (Å²) in [5, 5.41) is 0. The van der Waals surface area contributed by atoms with Crippen LogP contribution < -0.4 is 5.73 Å². The van der Waals surface area contributed by atoms with Gasteiger partial charge in [0.1, 0.15) is 11.5 Å². The number of carbonyl (C=O) groups excluding carboxylic acids is 1. The van der Waals surface area contributed by atoms with Gasteiger partial charge in [-0.3, -0.25) is 4.79 Å². The van der Waals surface area contributed by atoms with E-state index in [1.165, 1.54) is 12.8 Å². The number of carbonyl (C=O) groups is 1. The Morgan fingerprint density at radius 2 is 2.43 bits per heavy atom. The molecule has 1 aromatic heterocycles. The first-order chi connectivity index (χ1) is 6.68. The minimum atomic E-state index is -0.452. The van der Waals surface area contributed by atoms with Crippen LogP contribution in [0.25, 0.3) is 0 Å². The van der Waals surface area contributed by atoms with Gasteiger partial charge in [-0.25, -0.2) is 4.98 Å². The summed E-state index contributed by atoms with van der Waals surface area (Å²) in [4.78, 5) is 15.9. The summed E-state index contributed by atoms with van der Waals surface area (Å²) >= 11 is 0. The van der Waals surface area contributed by atoms with Crippen LogP contribution in [0.4, 0.5) is 0 Å². The SMILES string of the molecule is CC(N)C(=O)c1cn2c(n1)CCCC2. The van der Waals surface area contributed by atoms with Gasteiger partial charge in [-0.1, -0.05) is 0 Å². The molecule has 0 spiro atoms. The summed E-state index contributed by atoms with van der Waals surface area (Å²) in [6.07, 6.45) is 5.16. The van der Waals surface area contributed by atoms with Crippen LogP contribution in [-0.4, -0.2) is 21.4 Å². The van der Waals surface area contributed by atoms with Gasteiger partial charge in [0.05, 0.1) is 6.04 Å². The van der Waals surface area contributed by atoms with Crippen LogP contribution in [0, 0.1) is 0 Å². The van der Waals surface area contributed by atoms with Gasteiger partial charge in [-0.15, -0.1) is 0 Å². The standard InChI is InChI=1S/C10H15N3O/c1-7(11)10(14)8-6-13-5-3-2-4-9(13)12-8/h6-7H,2-5,11H2,1H3. The van der Waals surface area contributed by atoms with Crippen molar-refractivity contribution in [2.24, 2.45) is 5.73 Å². The molecule has 14 heavy (non-hydrogen) atoms. The lowest BCUT2D eigenvalue weighted by molar-refractivity contribution is 0.0963. The highest BCUT2D eigenvalue weighted by molar-refractivity contribution is 5.97. The minimum absolute atomic E-state index is 0.0631. The monoisotopic (exact) mass is 193 g/mol. The van der Waals surface area contributed by atoms with Crippen molar-refractivity contribution in [1.82, 2.24) is 9.55 Å². The van der Waals surface area contributed by atoms with Crippen molar-refractivity contribution in [3.63, 3.8) is 0 Å². The number of aromatic nitrogens is 2. The molecule has 2 N–H and O–H groups in total. The van der Waals surface area contributed by atoms with E-state index in [0.717, 1.165) is 18.8 Å². The molecule has 0 bridgehead atoms. The Bertz CT molecular complexity index is 331. The van der Waals surface area contributed by atoms with Gasteiger partial charge >= 0.3 is 0 Å². The molecule has 0 aromatic carbocycles. The van der Waals surface area contributed by atoms with Crippen LogP contribution in [0.5, 0.6) is 0 Å². The van der Waals surface area contributed by atoms with Crippen molar-refractivity contribution in [1.29, 1.82) is 0 Å². The highest BCUT2D eigenvalue weighted by atomic mass is 16.1. The lowest BCUT2D eigenvalue weighted by atomic mass is 10.2. The smallest absolute Gasteiger partial charge is 0.199 e. The molecule has 0 saturated heterocycles. The van der Waals surface area contributed by atoms with E-state index in [4.69, 9.17) is 5.73 Å². The highest BCUT2D eigenvalue weighted by Gasteiger charge is 2.18. The molecule has 0 fully saturated rings. The molecule has 4 nitrogen and oxygen atoms in total. The van der Waals surface area contributed by atoms with Crippen LogP contribution in [0.2, 0.25) is 0 Å². The number of hydrogen-bond acceptors (Lipinski definition) is 3. The predicted molar refractivity (Wildman–Crippen MR) is 53.1 cm³/mol. The quantitative estimate of drug-likeness (QED) is 0.705. The van der Waals surface area contributed by atoms with Gasteiger partial charge in [-0.2, -0.15) is 0 Å². The van der Waals surface area contributed by atoms with Gasteiger partial charge in [0.2, 0.25) is 0 Å². The number of nitrogens with two attached hydrogens (primary N) is 1. The summed E-state index contributed by atoms with van der Waals surface area (Å²) < 4.78 is 2.07. The fourth-order valence-electron chi connectivity index (χ4n) is 1.76. The third kappa shape index (κ3) is 1.57. The number of ketones is 1. The molecule has 0 radical (unpaired) electrons. The fraction of sp³-hybridized carbons (Fsp3) is 0.600. The van der Waals surface area contributed by atoms with E-state index >= 15 is 0 Å². The Hall–Kier alpha value is -1.16. The lowest BCUT2D eigenvalue weighted by Gasteiger charge is -2.11. The molecular formula is C10H15N3O. The van der Waals surface area contributed by atoms with E-state index < -0.39 is 6.04 Å². The van der Waals surface area contributed by atoms with Gasteiger partial charge in [0.15, 0.2) is 5.78 Å². The zero-order valence-corrected chi connectivity index (χ0v) is 8.36. The van der Waals surface area contributed by atoms with Crippen molar-refractivity contribution < 1.29 is 4.79 Å². The first kappa shape index (κ1) is 9.40. The topological polar surface area (TPSA) is 60.9 Å². The zero-order valence-electron chi connectivity index (χ0n) is 8.36. The predicted octanol–water partition coefficient (Wildman–Crippen LogP) is 0.749. The lowest BCUT2D eigenvalue weighted by Crippen LogP contribution is -2.26. The van der Waals surface area contributed by atoms with Crippen molar-refractivity contribution >= 4 is 5.78 Å². The van der Waals surface area contributed by atoms with Crippen LogP contribution in [-0.2, 0) is 13.0 Å². The average molecular weight is 193 g/mol. The van der Waals surface area contributed by atoms with Crippen LogP contribution in [0.1, 0.15) is 36.1 Å². The van der Waals surface area contributed by atoms with E-state index in [-0.39, 0.29) is 5.78 Å². The van der Waals surface area contributed by atoms with Crippen molar-refractivity contribution in [3.05, 3.63) is 17.7 Å². The molecule has 76 valence electrons. The Morgan fingerprint density at radius 3 is 3.07 bits per heavy atom. The van der Waals surface area contributed by atoms with Gasteiger partial charge in [0.25, 0.3) is 0 Å². The third-order valence-corrected chi connectivity index (χ3v) is 2.57. The van der Waals surface area contributed by atoms with Crippen molar-refractivity contribution in [3.8, 4) is 0 Å². The van der Waals surface area contributed by atoms with Crippen LogP contribution in [0.3, 0.4) is 0 Å². The van der Waals surface area contributed by atoms with Gasteiger partial charge in [-0.05, 0) is 19.8 Å². The van der Waals surface area contributed by atoms with Gasteiger partial charge in [0, 0.05) is 19.2 Å². The molecule has 1 aliphatic rings. The maximum Gasteiger partial charge on any atom is 0.199 e. The molecule has 0 saturated carbocycles. The van der Waals surface area contributed by atoms with E-state index in [1.807, 2.05) is 6.20 Å². The minimum Gasteiger partial charge on any atom is -0.334 e. The molecule has 0 aliphatic carbocycles. The zero-order chi connectivity index (χ0) is 10.1. The summed E-state index contributed by atoms with van der Waals surface area (Å²) in [6.45, 7) is 2.68. The number of rotatable bonds is 2. The Morgan fingerprint density at radius 1 is 1.64 bits per heavy atom. The molecule has 1 unspecified atom stereocenters. The molecule has 2 rings (SSSR count). The number of fused-ring (bicyclic) bond motifs is 1. The Balaban J connectivity index is 2.28. The Labute approximate surface area is 83.1 Å². The first-order valence-electron chi connectivity index (χ1n) is 5.04. The maximum atomic E-state index is 11.6. The number of aryl methyl sites for hydroxylation is 2. The highest BCUT2D eigenvalue weighted by Crippen LogP contribution is 2.15. The van der Waals surface area contributed by atoms with Crippen LogP contribution >= 0.6 is 0 Å². The van der Waals surface area contributed by atoms with Gasteiger partial charge < -0.3 is 10.3 Å². The molecule has 2 heterocycles. The second kappa shape index (κ2) is 3.53. The summed E-state index contributed by atoms with van der Waals surface area (Å²) in [7, 11) is 0. The van der Waals surface area contributed by atoms with Crippen molar-refractivity contribution in [2.45, 2.75) is 38.8 Å². The number of nitrogens with zero attached hydrogens (tertiary/aromatic N) is 2. The average Bonchev–Trinajstić information content (AvgIpc) is 2.59. The second-order valence-electron chi connectivity index (χ2n) is 3.85. The normalized spacial score (nSPS) is 17.6. The third-order valence-electron chi connectivity index (χ3n) is 2.57. The molecule has 1 aromatic rings. The molecule has 4 heteroatoms. The first-order valence-corrected chi connectivity index (χ1v) is 5.04. The largest absolute Gasteiger partial charge is 0.334 e. The van der Waals surface area contributed by atoms with Crippen molar-refractivity contribution in [2.75, 3.05) is 0 Å². The fourth-order valence-corrected chi connectivity index (χ4v) is 1.76. The number of hydrogen-bond donors (Lipinski definition) is 1. The molecule has 0 amide bonds. The summed E-state index contributed by atoms with van der Waals surface area (Å²) in [5.41, 5.74) is 6.05.